The Morgan fingerprint density at radius 1 is 1.20 bits per heavy atom. The van der Waals surface area contributed by atoms with Gasteiger partial charge in [-0.1, -0.05) is 11.6 Å². The van der Waals surface area contributed by atoms with E-state index in [2.05, 4.69) is 10.3 Å². The number of aromatic carboxylic acids is 1. The van der Waals surface area contributed by atoms with E-state index >= 15 is 0 Å². The van der Waals surface area contributed by atoms with Gasteiger partial charge in [0, 0.05) is 6.20 Å². The monoisotopic (exact) mass is 294 g/mol. The molecular weight excluding hydrogens is 287 g/mol. The minimum atomic E-state index is -1.25. The zero-order valence-corrected chi connectivity index (χ0v) is 10.7. The van der Waals surface area contributed by atoms with Crippen LogP contribution < -0.4 is 5.32 Å². The Hall–Kier alpha value is -2.47. The molecule has 0 fully saturated rings. The van der Waals surface area contributed by atoms with Gasteiger partial charge in [-0.15, -0.1) is 0 Å². The van der Waals surface area contributed by atoms with Crippen LogP contribution in [-0.2, 0) is 0 Å². The fourth-order valence-corrected chi connectivity index (χ4v) is 1.57. The van der Waals surface area contributed by atoms with E-state index in [-0.39, 0.29) is 22.0 Å². The topological polar surface area (TPSA) is 79.3 Å². The van der Waals surface area contributed by atoms with Crippen molar-refractivity contribution in [2.24, 2.45) is 0 Å². The lowest BCUT2D eigenvalue weighted by Gasteiger charge is -2.07. The summed E-state index contributed by atoms with van der Waals surface area (Å²) in [7, 11) is 0. The first-order valence-electron chi connectivity index (χ1n) is 5.43. The number of halogens is 2. The zero-order valence-electron chi connectivity index (χ0n) is 9.93. The minimum Gasteiger partial charge on any atom is -0.478 e. The molecule has 0 saturated carbocycles. The number of carboxylic acid groups (broad SMARTS) is 1. The van der Waals surface area contributed by atoms with Crippen LogP contribution in [0, 0.1) is 5.82 Å². The molecule has 1 aromatic carbocycles. The maximum atomic E-state index is 13.6. The second kappa shape index (κ2) is 5.66. The number of anilines is 1. The molecule has 0 aliphatic carbocycles. The molecule has 0 bridgehead atoms. The van der Waals surface area contributed by atoms with Crippen LogP contribution in [0.3, 0.4) is 0 Å². The molecule has 1 heterocycles. The van der Waals surface area contributed by atoms with E-state index in [1.165, 1.54) is 30.5 Å². The van der Waals surface area contributed by atoms with Gasteiger partial charge in [-0.2, -0.15) is 0 Å². The SMILES string of the molecule is O=C(O)c1ccc(NC(=O)c2ccc(Cl)nc2)c(F)c1. The van der Waals surface area contributed by atoms with Crippen LogP contribution in [0.25, 0.3) is 0 Å². The Labute approximate surface area is 118 Å². The first-order valence-corrected chi connectivity index (χ1v) is 5.81. The van der Waals surface area contributed by atoms with Gasteiger partial charge < -0.3 is 10.4 Å². The van der Waals surface area contributed by atoms with Crippen molar-refractivity contribution in [2.45, 2.75) is 0 Å². The van der Waals surface area contributed by atoms with E-state index in [1.54, 1.807) is 0 Å². The summed E-state index contributed by atoms with van der Waals surface area (Å²) in [5.74, 6) is -2.65. The average molecular weight is 295 g/mol. The molecule has 0 atom stereocenters. The maximum absolute atomic E-state index is 13.6. The van der Waals surface area contributed by atoms with Crippen molar-refractivity contribution in [3.8, 4) is 0 Å². The van der Waals surface area contributed by atoms with Crippen molar-refractivity contribution in [3.63, 3.8) is 0 Å². The van der Waals surface area contributed by atoms with Crippen LogP contribution in [0.2, 0.25) is 5.15 Å². The van der Waals surface area contributed by atoms with E-state index in [9.17, 15) is 14.0 Å². The second-order valence-electron chi connectivity index (χ2n) is 3.82. The summed E-state index contributed by atoms with van der Waals surface area (Å²) >= 11 is 5.59. The van der Waals surface area contributed by atoms with Gasteiger partial charge >= 0.3 is 5.97 Å². The summed E-state index contributed by atoms with van der Waals surface area (Å²) in [5.41, 5.74) is -0.111. The normalized spacial score (nSPS) is 10.1. The van der Waals surface area contributed by atoms with E-state index in [1.807, 2.05) is 0 Å². The molecule has 2 N–H and O–H groups in total. The summed E-state index contributed by atoms with van der Waals surface area (Å²) in [6.07, 6.45) is 1.25. The van der Waals surface area contributed by atoms with E-state index in [0.717, 1.165) is 6.07 Å². The van der Waals surface area contributed by atoms with Crippen molar-refractivity contribution in [1.82, 2.24) is 4.98 Å². The van der Waals surface area contributed by atoms with Crippen LogP contribution in [0.5, 0.6) is 0 Å². The van der Waals surface area contributed by atoms with Crippen molar-refractivity contribution in [1.29, 1.82) is 0 Å². The number of carbonyl (C=O) groups is 2. The summed E-state index contributed by atoms with van der Waals surface area (Å²) in [4.78, 5) is 26.2. The molecule has 0 aliphatic heterocycles. The highest BCUT2D eigenvalue weighted by Crippen LogP contribution is 2.17. The molecule has 102 valence electrons. The number of carboxylic acids is 1. The molecule has 5 nitrogen and oxygen atoms in total. The molecule has 1 amide bonds. The Morgan fingerprint density at radius 2 is 1.90 bits per heavy atom. The summed E-state index contributed by atoms with van der Waals surface area (Å²) in [6, 6.07) is 6.08. The number of hydrogen-bond donors (Lipinski definition) is 2. The predicted molar refractivity (Wildman–Crippen MR) is 70.6 cm³/mol. The Bertz CT molecular complexity index is 674. The molecule has 7 heteroatoms. The van der Waals surface area contributed by atoms with Crippen LogP contribution in [0.1, 0.15) is 20.7 Å². The standard InChI is InChI=1S/C13H8ClFN2O3/c14-11-4-2-8(6-16-11)12(18)17-10-3-1-7(13(19)20)5-9(10)15/h1-6H,(H,17,18)(H,19,20). The number of aromatic nitrogens is 1. The van der Waals surface area contributed by atoms with Crippen molar-refractivity contribution in [3.05, 3.63) is 58.6 Å². The third-order valence-corrected chi connectivity index (χ3v) is 2.68. The largest absolute Gasteiger partial charge is 0.478 e. The molecule has 20 heavy (non-hydrogen) atoms. The molecule has 2 aromatic rings. The minimum absolute atomic E-state index is 0.116. The summed E-state index contributed by atoms with van der Waals surface area (Å²) in [6.45, 7) is 0. The quantitative estimate of drug-likeness (QED) is 0.853. The Kier molecular flexibility index (Phi) is 3.95. The molecule has 0 unspecified atom stereocenters. The van der Waals surface area contributed by atoms with Gasteiger partial charge in [-0.3, -0.25) is 4.79 Å². The predicted octanol–water partition coefficient (Wildman–Crippen LogP) is 2.82. The average Bonchev–Trinajstić information content (AvgIpc) is 2.41. The third kappa shape index (κ3) is 3.10. The highest BCUT2D eigenvalue weighted by Gasteiger charge is 2.12. The highest BCUT2D eigenvalue weighted by atomic mass is 35.5. The van der Waals surface area contributed by atoms with E-state index < -0.39 is 17.7 Å². The van der Waals surface area contributed by atoms with Crippen LogP contribution in [0.4, 0.5) is 10.1 Å². The van der Waals surface area contributed by atoms with E-state index in [4.69, 9.17) is 16.7 Å². The lowest BCUT2D eigenvalue weighted by Crippen LogP contribution is -2.13. The second-order valence-corrected chi connectivity index (χ2v) is 4.21. The Morgan fingerprint density at radius 3 is 2.45 bits per heavy atom. The number of rotatable bonds is 3. The fraction of sp³-hybridized carbons (Fsp3) is 0. The number of nitrogens with one attached hydrogen (secondary N) is 1. The number of amides is 1. The van der Waals surface area contributed by atoms with Crippen molar-refractivity contribution >= 4 is 29.2 Å². The third-order valence-electron chi connectivity index (χ3n) is 2.45. The molecule has 0 radical (unpaired) electrons. The number of pyridine rings is 1. The van der Waals surface area contributed by atoms with Gasteiger partial charge in [0.25, 0.3) is 5.91 Å². The summed E-state index contributed by atoms with van der Waals surface area (Å²) in [5, 5.41) is 11.3. The number of carbonyl (C=O) groups excluding carboxylic acids is 1. The van der Waals surface area contributed by atoms with Gasteiger partial charge in [0.1, 0.15) is 11.0 Å². The van der Waals surface area contributed by atoms with Crippen LogP contribution in [-0.4, -0.2) is 22.0 Å². The molecule has 1 aromatic heterocycles. The van der Waals surface area contributed by atoms with Gasteiger partial charge in [-0.05, 0) is 30.3 Å². The number of nitrogens with zero attached hydrogens (tertiary/aromatic N) is 1. The Balaban J connectivity index is 2.19. The maximum Gasteiger partial charge on any atom is 0.335 e. The molecule has 0 spiro atoms. The molecule has 0 aliphatic rings. The molecule has 0 saturated heterocycles. The smallest absolute Gasteiger partial charge is 0.335 e. The van der Waals surface area contributed by atoms with E-state index in [0.29, 0.717) is 0 Å². The summed E-state index contributed by atoms with van der Waals surface area (Å²) < 4.78 is 13.6. The van der Waals surface area contributed by atoms with Crippen molar-refractivity contribution in [2.75, 3.05) is 5.32 Å². The fourth-order valence-electron chi connectivity index (χ4n) is 1.45. The lowest BCUT2D eigenvalue weighted by atomic mass is 10.2. The van der Waals surface area contributed by atoms with Crippen LogP contribution >= 0.6 is 11.6 Å². The molecule has 2 rings (SSSR count). The van der Waals surface area contributed by atoms with Gasteiger partial charge in [0.05, 0.1) is 16.8 Å². The first kappa shape index (κ1) is 14.0. The van der Waals surface area contributed by atoms with Gasteiger partial charge in [0.15, 0.2) is 0 Å². The van der Waals surface area contributed by atoms with Gasteiger partial charge in [-0.25, -0.2) is 14.2 Å². The van der Waals surface area contributed by atoms with Crippen LogP contribution in [0.15, 0.2) is 36.5 Å². The first-order chi connectivity index (χ1) is 9.47. The van der Waals surface area contributed by atoms with Crippen molar-refractivity contribution < 1.29 is 19.1 Å². The number of benzene rings is 1. The highest BCUT2D eigenvalue weighted by molar-refractivity contribution is 6.29. The zero-order chi connectivity index (χ0) is 14.7. The lowest BCUT2D eigenvalue weighted by molar-refractivity contribution is 0.0696. The van der Waals surface area contributed by atoms with Gasteiger partial charge in [0.2, 0.25) is 0 Å². The number of hydrogen-bond acceptors (Lipinski definition) is 3. The molecular formula is C13H8ClFN2O3.